The molecule has 3 nitrogen and oxygen atoms in total. The number of hydrogen-bond donors (Lipinski definition) is 1. The van der Waals surface area contributed by atoms with Crippen molar-refractivity contribution in [2.24, 2.45) is 0 Å². The molecule has 0 spiro atoms. The predicted octanol–water partition coefficient (Wildman–Crippen LogP) is 3.22. The molecule has 0 bridgehead atoms. The number of nitrogens with one attached hydrogen (secondary N) is 1. The van der Waals surface area contributed by atoms with E-state index in [2.05, 4.69) is 55.4 Å². The number of hydrogen-bond acceptors (Lipinski definition) is 3. The number of likely N-dealkylation sites (N-methyl/N-ethyl adjacent to an activating group) is 1. The summed E-state index contributed by atoms with van der Waals surface area (Å²) in [6, 6.07) is 10.1. The molecule has 3 heteroatoms. The lowest BCUT2D eigenvalue weighted by molar-refractivity contribution is 0.198. The number of nitrogens with zero attached hydrogens (tertiary/aromatic N) is 1. The van der Waals surface area contributed by atoms with E-state index in [1.807, 2.05) is 0 Å². The second-order valence-electron chi connectivity index (χ2n) is 5.84. The minimum absolute atomic E-state index is 0.381. The summed E-state index contributed by atoms with van der Waals surface area (Å²) in [6.07, 6.45) is 3.86. The molecule has 1 aromatic carbocycles. The molecule has 0 aromatic heterocycles. The van der Waals surface area contributed by atoms with E-state index in [4.69, 9.17) is 4.74 Å². The molecule has 2 unspecified atom stereocenters. The van der Waals surface area contributed by atoms with Gasteiger partial charge < -0.3 is 10.1 Å². The third-order valence-corrected chi connectivity index (χ3v) is 4.34. The molecule has 0 saturated heterocycles. The van der Waals surface area contributed by atoms with E-state index in [-0.39, 0.29) is 0 Å². The summed E-state index contributed by atoms with van der Waals surface area (Å²) in [5.41, 5.74) is 1.35. The molecule has 0 radical (unpaired) electrons. The summed E-state index contributed by atoms with van der Waals surface area (Å²) in [5, 5.41) is 3.70. The van der Waals surface area contributed by atoms with Gasteiger partial charge in [-0.05, 0) is 57.5 Å². The van der Waals surface area contributed by atoms with Gasteiger partial charge in [-0.25, -0.2) is 0 Å². The lowest BCUT2D eigenvalue weighted by Gasteiger charge is -2.33. The van der Waals surface area contributed by atoms with Gasteiger partial charge in [0.1, 0.15) is 5.75 Å². The van der Waals surface area contributed by atoms with Crippen molar-refractivity contribution in [1.82, 2.24) is 10.2 Å². The van der Waals surface area contributed by atoms with E-state index in [9.17, 15) is 0 Å². The van der Waals surface area contributed by atoms with Gasteiger partial charge in [-0.2, -0.15) is 0 Å². The molecule has 1 aliphatic rings. The van der Waals surface area contributed by atoms with Crippen molar-refractivity contribution >= 4 is 0 Å². The maximum absolute atomic E-state index is 5.26. The first-order chi connectivity index (χ1) is 9.67. The first-order valence-corrected chi connectivity index (χ1v) is 7.76. The van der Waals surface area contributed by atoms with Crippen molar-refractivity contribution in [3.63, 3.8) is 0 Å². The van der Waals surface area contributed by atoms with Gasteiger partial charge >= 0.3 is 0 Å². The lowest BCUT2D eigenvalue weighted by atomic mass is 9.99. The van der Waals surface area contributed by atoms with Crippen LogP contribution in [0.2, 0.25) is 0 Å². The van der Waals surface area contributed by atoms with Crippen LogP contribution in [0.4, 0.5) is 0 Å². The van der Waals surface area contributed by atoms with E-state index < -0.39 is 0 Å². The molecule has 2 rings (SSSR count). The number of benzene rings is 1. The Labute approximate surface area is 123 Å². The van der Waals surface area contributed by atoms with Gasteiger partial charge in [0, 0.05) is 18.1 Å². The van der Waals surface area contributed by atoms with E-state index in [0.29, 0.717) is 12.1 Å². The van der Waals surface area contributed by atoms with Crippen LogP contribution < -0.4 is 10.1 Å². The molecule has 2 atom stereocenters. The molecule has 1 aromatic rings. The van der Waals surface area contributed by atoms with Crippen LogP contribution in [-0.4, -0.2) is 37.7 Å². The summed E-state index contributed by atoms with van der Waals surface area (Å²) in [5.74, 6) is 0.922. The lowest BCUT2D eigenvalue weighted by Crippen LogP contribution is -2.42. The highest BCUT2D eigenvalue weighted by Gasteiger charge is 2.32. The molecule has 0 amide bonds. The van der Waals surface area contributed by atoms with Crippen LogP contribution in [0.5, 0.6) is 5.75 Å². The summed E-state index contributed by atoms with van der Waals surface area (Å²) < 4.78 is 5.26. The standard InChI is InChI=1S/C17H28N2O/c1-5-12-18-17(13(2)19(3)15-8-9-15)14-6-10-16(20-4)11-7-14/h6-7,10-11,13,15,17-18H,5,8-9,12H2,1-4H3. The molecular formula is C17H28N2O. The number of ether oxygens (including phenoxy) is 1. The molecule has 0 aliphatic heterocycles. The van der Waals surface area contributed by atoms with Crippen molar-refractivity contribution in [2.75, 3.05) is 20.7 Å². The van der Waals surface area contributed by atoms with Crippen molar-refractivity contribution < 1.29 is 4.74 Å². The molecule has 112 valence electrons. The average molecular weight is 276 g/mol. The third kappa shape index (κ3) is 3.74. The fraction of sp³-hybridized carbons (Fsp3) is 0.647. The van der Waals surface area contributed by atoms with Crippen LogP contribution in [0.25, 0.3) is 0 Å². The summed E-state index contributed by atoms with van der Waals surface area (Å²) in [4.78, 5) is 2.53. The Balaban J connectivity index is 2.11. The van der Waals surface area contributed by atoms with Gasteiger partial charge in [-0.15, -0.1) is 0 Å². The summed E-state index contributed by atoms with van der Waals surface area (Å²) in [7, 11) is 3.97. The van der Waals surface area contributed by atoms with Crippen LogP contribution in [0, 0.1) is 0 Å². The maximum atomic E-state index is 5.26. The van der Waals surface area contributed by atoms with Gasteiger partial charge in [-0.1, -0.05) is 19.1 Å². The van der Waals surface area contributed by atoms with Crippen molar-refractivity contribution in [1.29, 1.82) is 0 Å². The first-order valence-electron chi connectivity index (χ1n) is 7.76. The molecule has 1 fully saturated rings. The van der Waals surface area contributed by atoms with Crippen molar-refractivity contribution in [2.45, 2.75) is 51.2 Å². The Kier molecular flexibility index (Phi) is 5.44. The van der Waals surface area contributed by atoms with Gasteiger partial charge in [-0.3, -0.25) is 4.90 Å². The summed E-state index contributed by atoms with van der Waals surface area (Å²) in [6.45, 7) is 5.60. The van der Waals surface area contributed by atoms with Crippen LogP contribution in [0.1, 0.15) is 44.7 Å². The average Bonchev–Trinajstić information content (AvgIpc) is 3.32. The topological polar surface area (TPSA) is 24.5 Å². The van der Waals surface area contributed by atoms with Gasteiger partial charge in [0.2, 0.25) is 0 Å². The fourth-order valence-corrected chi connectivity index (χ4v) is 2.73. The number of methoxy groups -OCH3 is 1. The van der Waals surface area contributed by atoms with E-state index in [1.165, 1.54) is 18.4 Å². The quantitative estimate of drug-likeness (QED) is 0.789. The predicted molar refractivity (Wildman–Crippen MR) is 84.3 cm³/mol. The van der Waals surface area contributed by atoms with E-state index in [1.54, 1.807) is 7.11 Å². The molecule has 20 heavy (non-hydrogen) atoms. The highest BCUT2D eigenvalue weighted by molar-refractivity contribution is 5.30. The maximum Gasteiger partial charge on any atom is 0.118 e. The highest BCUT2D eigenvalue weighted by atomic mass is 16.5. The van der Waals surface area contributed by atoms with E-state index >= 15 is 0 Å². The Morgan fingerprint density at radius 3 is 2.45 bits per heavy atom. The van der Waals surface area contributed by atoms with Crippen LogP contribution >= 0.6 is 0 Å². The van der Waals surface area contributed by atoms with Gasteiger partial charge in [0.25, 0.3) is 0 Å². The van der Waals surface area contributed by atoms with E-state index in [0.717, 1.165) is 24.8 Å². The third-order valence-electron chi connectivity index (χ3n) is 4.34. The van der Waals surface area contributed by atoms with Gasteiger partial charge in [0.15, 0.2) is 0 Å². The normalized spacial score (nSPS) is 18.1. The largest absolute Gasteiger partial charge is 0.497 e. The number of rotatable bonds is 8. The minimum atomic E-state index is 0.381. The zero-order valence-electron chi connectivity index (χ0n) is 13.2. The zero-order valence-corrected chi connectivity index (χ0v) is 13.2. The molecule has 0 heterocycles. The molecule has 1 N–H and O–H groups in total. The van der Waals surface area contributed by atoms with Crippen molar-refractivity contribution in [3.05, 3.63) is 29.8 Å². The molecule has 1 saturated carbocycles. The molecule has 1 aliphatic carbocycles. The Hall–Kier alpha value is -1.06. The van der Waals surface area contributed by atoms with Crippen LogP contribution in [0.15, 0.2) is 24.3 Å². The first kappa shape index (κ1) is 15.3. The second-order valence-corrected chi connectivity index (χ2v) is 5.84. The Bertz CT molecular complexity index is 400. The minimum Gasteiger partial charge on any atom is -0.497 e. The highest BCUT2D eigenvalue weighted by Crippen LogP contribution is 2.31. The Morgan fingerprint density at radius 2 is 1.95 bits per heavy atom. The summed E-state index contributed by atoms with van der Waals surface area (Å²) >= 11 is 0. The fourth-order valence-electron chi connectivity index (χ4n) is 2.73. The Morgan fingerprint density at radius 1 is 1.30 bits per heavy atom. The second kappa shape index (κ2) is 7.09. The van der Waals surface area contributed by atoms with Crippen LogP contribution in [-0.2, 0) is 0 Å². The van der Waals surface area contributed by atoms with Crippen LogP contribution in [0.3, 0.4) is 0 Å². The smallest absolute Gasteiger partial charge is 0.118 e. The molecular weight excluding hydrogens is 248 g/mol. The zero-order chi connectivity index (χ0) is 14.5. The monoisotopic (exact) mass is 276 g/mol. The SMILES string of the molecule is CCCNC(c1ccc(OC)cc1)C(C)N(C)C1CC1. The van der Waals surface area contributed by atoms with Gasteiger partial charge in [0.05, 0.1) is 7.11 Å². The van der Waals surface area contributed by atoms with Crippen molar-refractivity contribution in [3.8, 4) is 5.75 Å².